The Morgan fingerprint density at radius 1 is 1.15 bits per heavy atom. The van der Waals surface area contributed by atoms with E-state index in [1.807, 2.05) is 12.1 Å². The maximum atomic E-state index is 13.7. The van der Waals surface area contributed by atoms with Crippen LogP contribution in [0.2, 0.25) is 5.02 Å². The molecule has 0 heterocycles. The van der Waals surface area contributed by atoms with E-state index < -0.39 is 5.82 Å². The third-order valence-corrected chi connectivity index (χ3v) is 3.33. The first-order valence-electron chi connectivity index (χ1n) is 5.94. The number of alkyl halides is 1. The summed E-state index contributed by atoms with van der Waals surface area (Å²) in [6.45, 7) is 0.0767. The molecule has 2 rings (SSSR count). The van der Waals surface area contributed by atoms with Gasteiger partial charge in [0.2, 0.25) is 0 Å². The van der Waals surface area contributed by atoms with Gasteiger partial charge >= 0.3 is 0 Å². The van der Waals surface area contributed by atoms with Crippen LogP contribution in [0, 0.1) is 5.82 Å². The number of ether oxygens (including phenoxy) is 2. The molecule has 2 nitrogen and oxygen atoms in total. The van der Waals surface area contributed by atoms with Crippen molar-refractivity contribution < 1.29 is 13.9 Å². The van der Waals surface area contributed by atoms with Gasteiger partial charge in [-0.1, -0.05) is 29.8 Å². The van der Waals surface area contributed by atoms with Crippen LogP contribution in [0.4, 0.5) is 4.39 Å². The third-order valence-electron chi connectivity index (χ3n) is 2.81. The highest BCUT2D eigenvalue weighted by atomic mass is 35.5. The minimum atomic E-state index is -0.403. The molecule has 0 atom stereocenters. The normalized spacial score (nSPS) is 10.4. The number of rotatable bonds is 5. The third kappa shape index (κ3) is 3.35. The Morgan fingerprint density at radius 3 is 2.60 bits per heavy atom. The average Bonchev–Trinajstić information content (AvgIpc) is 2.46. The van der Waals surface area contributed by atoms with Gasteiger partial charge in [-0.15, -0.1) is 11.6 Å². The molecule has 0 aliphatic rings. The first-order valence-corrected chi connectivity index (χ1v) is 6.85. The van der Waals surface area contributed by atoms with Crippen molar-refractivity contribution in [3.63, 3.8) is 0 Å². The van der Waals surface area contributed by atoms with E-state index in [0.717, 1.165) is 5.56 Å². The molecule has 5 heteroatoms. The summed E-state index contributed by atoms with van der Waals surface area (Å²) in [5.41, 5.74) is 1.21. The van der Waals surface area contributed by atoms with Gasteiger partial charge in [0.15, 0.2) is 11.5 Å². The lowest BCUT2D eigenvalue weighted by atomic mass is 10.2. The van der Waals surface area contributed by atoms with E-state index in [-0.39, 0.29) is 12.5 Å². The molecule has 0 saturated carbocycles. The molecule has 0 N–H and O–H groups in total. The maximum Gasteiger partial charge on any atom is 0.166 e. The van der Waals surface area contributed by atoms with E-state index in [2.05, 4.69) is 0 Å². The smallest absolute Gasteiger partial charge is 0.166 e. The molecular weight excluding hydrogens is 302 g/mol. The van der Waals surface area contributed by atoms with E-state index >= 15 is 0 Å². The number of methoxy groups -OCH3 is 1. The lowest BCUT2D eigenvalue weighted by Gasteiger charge is -2.14. The van der Waals surface area contributed by atoms with Crippen LogP contribution in [-0.2, 0) is 12.5 Å². The molecule has 2 aromatic rings. The molecule has 0 aliphatic carbocycles. The second kappa shape index (κ2) is 6.82. The van der Waals surface area contributed by atoms with Crippen molar-refractivity contribution in [1.29, 1.82) is 0 Å². The monoisotopic (exact) mass is 314 g/mol. The van der Waals surface area contributed by atoms with Crippen molar-refractivity contribution in [2.45, 2.75) is 12.5 Å². The summed E-state index contributed by atoms with van der Waals surface area (Å²) < 4.78 is 24.6. The first-order chi connectivity index (χ1) is 9.65. The van der Waals surface area contributed by atoms with Crippen LogP contribution < -0.4 is 9.47 Å². The molecule has 106 valence electrons. The largest absolute Gasteiger partial charge is 0.493 e. The highest BCUT2D eigenvalue weighted by molar-refractivity contribution is 6.30. The fourth-order valence-electron chi connectivity index (χ4n) is 1.78. The van der Waals surface area contributed by atoms with Crippen LogP contribution in [0.15, 0.2) is 36.4 Å². The van der Waals surface area contributed by atoms with Crippen LogP contribution in [0.5, 0.6) is 11.5 Å². The van der Waals surface area contributed by atoms with E-state index in [4.69, 9.17) is 32.7 Å². The second-order valence-electron chi connectivity index (χ2n) is 4.11. The molecule has 20 heavy (non-hydrogen) atoms. The minimum Gasteiger partial charge on any atom is -0.493 e. The minimum absolute atomic E-state index is 0.0767. The highest BCUT2D eigenvalue weighted by Crippen LogP contribution is 2.33. The van der Waals surface area contributed by atoms with Crippen LogP contribution in [0.3, 0.4) is 0 Å². The van der Waals surface area contributed by atoms with Crippen LogP contribution in [0.25, 0.3) is 0 Å². The molecule has 0 bridgehead atoms. The van der Waals surface area contributed by atoms with E-state index in [9.17, 15) is 4.39 Å². The van der Waals surface area contributed by atoms with Gasteiger partial charge in [-0.2, -0.15) is 0 Å². The quantitative estimate of drug-likeness (QED) is 0.738. The van der Waals surface area contributed by atoms with Crippen molar-refractivity contribution in [1.82, 2.24) is 0 Å². The topological polar surface area (TPSA) is 18.5 Å². The van der Waals surface area contributed by atoms with E-state index in [1.54, 1.807) is 25.3 Å². The van der Waals surface area contributed by atoms with E-state index in [1.165, 1.54) is 6.07 Å². The zero-order chi connectivity index (χ0) is 14.5. The molecule has 0 aliphatic heterocycles. The molecule has 0 spiro atoms. The van der Waals surface area contributed by atoms with Crippen molar-refractivity contribution in [2.24, 2.45) is 0 Å². The summed E-state index contributed by atoms with van der Waals surface area (Å²) in [7, 11) is 1.54. The van der Waals surface area contributed by atoms with Gasteiger partial charge in [-0.25, -0.2) is 4.39 Å². The Kier molecular flexibility index (Phi) is 5.10. The summed E-state index contributed by atoms with van der Waals surface area (Å²) >= 11 is 11.6. The van der Waals surface area contributed by atoms with Gasteiger partial charge in [-0.05, 0) is 18.2 Å². The number of hydrogen-bond acceptors (Lipinski definition) is 2. The van der Waals surface area contributed by atoms with Gasteiger partial charge in [0.05, 0.1) is 13.0 Å². The average molecular weight is 315 g/mol. The van der Waals surface area contributed by atoms with Crippen molar-refractivity contribution in [3.8, 4) is 11.5 Å². The molecule has 0 unspecified atom stereocenters. The van der Waals surface area contributed by atoms with Crippen LogP contribution in [-0.4, -0.2) is 7.11 Å². The highest BCUT2D eigenvalue weighted by Gasteiger charge is 2.11. The standard InChI is InChI=1S/C15H13Cl2FO2/c1-19-14-4-2-3-10(8-16)15(14)20-9-11-5-6-12(17)7-13(11)18/h2-7H,8-9H2,1H3. The Bertz CT molecular complexity index is 580. The maximum absolute atomic E-state index is 13.7. The van der Waals surface area contributed by atoms with Gasteiger partial charge in [0, 0.05) is 16.1 Å². The summed E-state index contributed by atoms with van der Waals surface area (Å²) in [6, 6.07) is 9.89. The number of benzene rings is 2. The van der Waals surface area contributed by atoms with Crippen molar-refractivity contribution in [2.75, 3.05) is 7.11 Å². The SMILES string of the molecule is COc1cccc(CCl)c1OCc1ccc(Cl)cc1F. The molecule has 0 fully saturated rings. The first kappa shape index (κ1) is 14.9. The summed E-state index contributed by atoms with van der Waals surface area (Å²) in [4.78, 5) is 0. The predicted molar refractivity (Wildman–Crippen MR) is 78.3 cm³/mol. The van der Waals surface area contributed by atoms with Crippen LogP contribution >= 0.6 is 23.2 Å². The number of hydrogen-bond donors (Lipinski definition) is 0. The lowest BCUT2D eigenvalue weighted by molar-refractivity contribution is 0.277. The predicted octanol–water partition coefficient (Wildman–Crippen LogP) is 4.81. The number of para-hydroxylation sites is 1. The number of halogens is 3. The Labute approximate surface area is 127 Å². The lowest BCUT2D eigenvalue weighted by Crippen LogP contribution is -2.02. The molecule has 0 amide bonds. The molecule has 0 radical (unpaired) electrons. The second-order valence-corrected chi connectivity index (χ2v) is 4.81. The summed E-state index contributed by atoms with van der Waals surface area (Å²) in [5, 5.41) is 0.352. The molecule has 2 aromatic carbocycles. The van der Waals surface area contributed by atoms with Crippen molar-refractivity contribution in [3.05, 3.63) is 58.4 Å². The Balaban J connectivity index is 2.22. The van der Waals surface area contributed by atoms with Crippen molar-refractivity contribution >= 4 is 23.2 Å². The summed E-state index contributed by atoms with van der Waals surface area (Å²) in [5.74, 6) is 0.979. The Hall–Kier alpha value is -1.45. The fraction of sp³-hybridized carbons (Fsp3) is 0.200. The van der Waals surface area contributed by atoms with Gasteiger partial charge < -0.3 is 9.47 Å². The molecule has 0 saturated heterocycles. The molecular formula is C15H13Cl2FO2. The van der Waals surface area contributed by atoms with Gasteiger partial charge in [0.25, 0.3) is 0 Å². The zero-order valence-electron chi connectivity index (χ0n) is 10.8. The van der Waals surface area contributed by atoms with Crippen LogP contribution in [0.1, 0.15) is 11.1 Å². The Morgan fingerprint density at radius 2 is 1.95 bits per heavy atom. The van der Waals surface area contributed by atoms with Gasteiger partial charge in [-0.3, -0.25) is 0 Å². The van der Waals surface area contributed by atoms with E-state index in [0.29, 0.717) is 22.1 Å². The molecule has 0 aromatic heterocycles. The zero-order valence-corrected chi connectivity index (χ0v) is 12.3. The summed E-state index contributed by atoms with van der Waals surface area (Å²) in [6.07, 6.45) is 0. The fourth-order valence-corrected chi connectivity index (χ4v) is 2.15. The van der Waals surface area contributed by atoms with Gasteiger partial charge in [0.1, 0.15) is 12.4 Å².